The summed E-state index contributed by atoms with van der Waals surface area (Å²) in [7, 11) is 1.39. The molecule has 0 spiro atoms. The summed E-state index contributed by atoms with van der Waals surface area (Å²) in [5.41, 5.74) is 2.99. The van der Waals surface area contributed by atoms with Crippen LogP contribution in [-0.2, 0) is 17.7 Å². The molecule has 0 aromatic heterocycles. The molecular weight excluding hydrogens is 181 g/mol. The molecule has 0 bridgehead atoms. The van der Waals surface area contributed by atoms with E-state index in [-0.39, 0.29) is 0 Å². The number of ether oxygens (including phenoxy) is 1. The molecule has 14 heavy (non-hydrogen) atoms. The Morgan fingerprint density at radius 1 is 1.50 bits per heavy atom. The van der Waals surface area contributed by atoms with Gasteiger partial charge >= 0.3 is 0 Å². The molecule has 1 aromatic rings. The minimum atomic E-state index is -1.29. The van der Waals surface area contributed by atoms with Crippen molar-refractivity contribution in [3.63, 3.8) is 0 Å². The largest absolute Gasteiger partial charge is 0.348 e. The second-order valence-corrected chi connectivity index (χ2v) is 3.46. The van der Waals surface area contributed by atoms with Crippen LogP contribution in [0.5, 0.6) is 0 Å². The zero-order valence-electron chi connectivity index (χ0n) is 8.22. The molecule has 0 fully saturated rings. The Hall–Kier alpha value is -0.930. The Kier molecular flexibility index (Phi) is 2.79. The minimum Gasteiger partial charge on any atom is -0.348 e. The van der Waals surface area contributed by atoms with E-state index in [0.717, 1.165) is 25.1 Å². The maximum Gasteiger partial charge on any atom is 0.225 e. The van der Waals surface area contributed by atoms with Crippen molar-refractivity contribution in [2.24, 2.45) is 0 Å². The third kappa shape index (κ3) is 1.65. The number of benzene rings is 1. The van der Waals surface area contributed by atoms with Crippen LogP contribution in [0.1, 0.15) is 23.0 Å². The molecule has 0 radical (unpaired) electrons. The zero-order chi connectivity index (χ0) is 9.97. The average molecular weight is 195 g/mol. The number of hydrogen-bond acceptors (Lipinski definition) is 2. The van der Waals surface area contributed by atoms with Crippen molar-refractivity contribution in [3.8, 4) is 0 Å². The van der Waals surface area contributed by atoms with Gasteiger partial charge in [0.2, 0.25) is 6.36 Å². The van der Waals surface area contributed by atoms with Crippen LogP contribution in [0.2, 0.25) is 0 Å². The van der Waals surface area contributed by atoms with Crippen molar-refractivity contribution in [1.29, 1.82) is 0 Å². The third-order valence-electron chi connectivity index (χ3n) is 2.63. The standard InChI is InChI=1S/C11H14FNO/c1-14-11(12)10-4-2-3-8-7-13-6-5-9(8)10/h2-4,11,13H,5-7H2,1H3. The van der Waals surface area contributed by atoms with Crippen molar-refractivity contribution in [2.75, 3.05) is 13.7 Å². The average Bonchev–Trinajstić information content (AvgIpc) is 2.27. The van der Waals surface area contributed by atoms with E-state index >= 15 is 0 Å². The van der Waals surface area contributed by atoms with E-state index in [4.69, 9.17) is 4.74 Å². The highest BCUT2D eigenvalue weighted by molar-refractivity contribution is 5.37. The second kappa shape index (κ2) is 4.07. The summed E-state index contributed by atoms with van der Waals surface area (Å²) >= 11 is 0. The molecule has 0 saturated carbocycles. The normalized spacial score (nSPS) is 17.6. The molecule has 1 N–H and O–H groups in total. The van der Waals surface area contributed by atoms with E-state index in [9.17, 15) is 4.39 Å². The summed E-state index contributed by atoms with van der Waals surface area (Å²) in [6, 6.07) is 5.72. The van der Waals surface area contributed by atoms with Gasteiger partial charge in [0.1, 0.15) is 0 Å². The first-order valence-electron chi connectivity index (χ1n) is 4.81. The molecular formula is C11H14FNO. The number of methoxy groups -OCH3 is 1. The summed E-state index contributed by atoms with van der Waals surface area (Å²) < 4.78 is 18.1. The summed E-state index contributed by atoms with van der Waals surface area (Å²) in [4.78, 5) is 0. The highest BCUT2D eigenvalue weighted by Crippen LogP contribution is 2.26. The quantitative estimate of drug-likeness (QED) is 0.778. The van der Waals surface area contributed by atoms with Crippen LogP contribution in [0.15, 0.2) is 18.2 Å². The molecule has 2 rings (SSSR count). The van der Waals surface area contributed by atoms with Crippen LogP contribution >= 0.6 is 0 Å². The predicted octanol–water partition coefficient (Wildman–Crippen LogP) is 1.95. The number of fused-ring (bicyclic) bond motifs is 1. The molecule has 3 heteroatoms. The fourth-order valence-corrected chi connectivity index (χ4v) is 1.90. The van der Waals surface area contributed by atoms with Crippen LogP contribution in [-0.4, -0.2) is 13.7 Å². The molecule has 0 aliphatic carbocycles. The SMILES string of the molecule is COC(F)c1cccc2c1CCNC2. The molecule has 1 aliphatic rings. The van der Waals surface area contributed by atoms with Gasteiger partial charge in [-0.05, 0) is 24.1 Å². The first-order valence-corrected chi connectivity index (χ1v) is 4.81. The molecule has 76 valence electrons. The fourth-order valence-electron chi connectivity index (χ4n) is 1.90. The van der Waals surface area contributed by atoms with Crippen molar-refractivity contribution < 1.29 is 9.13 Å². The molecule has 0 saturated heterocycles. The van der Waals surface area contributed by atoms with Gasteiger partial charge in [0.25, 0.3) is 0 Å². The summed E-state index contributed by atoms with van der Waals surface area (Å²) in [6.45, 7) is 1.75. The molecule has 2 nitrogen and oxygen atoms in total. The van der Waals surface area contributed by atoms with Crippen LogP contribution in [0, 0.1) is 0 Å². The molecule has 1 unspecified atom stereocenters. The Balaban J connectivity index is 2.39. The van der Waals surface area contributed by atoms with Gasteiger partial charge < -0.3 is 10.1 Å². The van der Waals surface area contributed by atoms with Gasteiger partial charge in [-0.3, -0.25) is 0 Å². The van der Waals surface area contributed by atoms with Crippen LogP contribution in [0.3, 0.4) is 0 Å². The van der Waals surface area contributed by atoms with Gasteiger partial charge in [0.05, 0.1) is 0 Å². The lowest BCUT2D eigenvalue weighted by Crippen LogP contribution is -2.25. The molecule has 0 amide bonds. The molecule has 1 heterocycles. The van der Waals surface area contributed by atoms with Crippen molar-refractivity contribution in [3.05, 3.63) is 34.9 Å². The lowest BCUT2D eigenvalue weighted by molar-refractivity contribution is -0.00739. The maximum absolute atomic E-state index is 13.4. The smallest absolute Gasteiger partial charge is 0.225 e. The van der Waals surface area contributed by atoms with Crippen LogP contribution < -0.4 is 5.32 Å². The lowest BCUT2D eigenvalue weighted by Gasteiger charge is -2.21. The number of halogens is 1. The fraction of sp³-hybridized carbons (Fsp3) is 0.455. The highest BCUT2D eigenvalue weighted by Gasteiger charge is 2.17. The van der Waals surface area contributed by atoms with Gasteiger partial charge in [-0.1, -0.05) is 18.2 Å². The number of nitrogens with one attached hydrogen (secondary N) is 1. The van der Waals surface area contributed by atoms with Crippen molar-refractivity contribution in [1.82, 2.24) is 5.32 Å². The highest BCUT2D eigenvalue weighted by atomic mass is 19.1. The molecule has 1 aromatic carbocycles. The summed E-state index contributed by atoms with van der Waals surface area (Å²) in [5, 5.41) is 3.26. The number of alkyl halides is 1. The third-order valence-corrected chi connectivity index (χ3v) is 2.63. The zero-order valence-corrected chi connectivity index (χ0v) is 8.22. The first kappa shape index (κ1) is 9.62. The van der Waals surface area contributed by atoms with E-state index in [2.05, 4.69) is 5.32 Å². The summed E-state index contributed by atoms with van der Waals surface area (Å²) in [6.07, 6.45) is -0.405. The van der Waals surface area contributed by atoms with Crippen LogP contribution in [0.4, 0.5) is 4.39 Å². The maximum atomic E-state index is 13.4. The van der Waals surface area contributed by atoms with E-state index in [0.29, 0.717) is 5.56 Å². The number of hydrogen-bond donors (Lipinski definition) is 1. The van der Waals surface area contributed by atoms with E-state index in [1.165, 1.54) is 12.7 Å². The van der Waals surface area contributed by atoms with Gasteiger partial charge in [-0.15, -0.1) is 0 Å². The van der Waals surface area contributed by atoms with Gasteiger partial charge in [-0.2, -0.15) is 0 Å². The topological polar surface area (TPSA) is 21.3 Å². The van der Waals surface area contributed by atoms with Crippen molar-refractivity contribution >= 4 is 0 Å². The minimum absolute atomic E-state index is 0.687. The monoisotopic (exact) mass is 195 g/mol. The van der Waals surface area contributed by atoms with Crippen molar-refractivity contribution in [2.45, 2.75) is 19.3 Å². The van der Waals surface area contributed by atoms with E-state index < -0.39 is 6.36 Å². The Morgan fingerprint density at radius 2 is 2.36 bits per heavy atom. The van der Waals surface area contributed by atoms with Gasteiger partial charge in [-0.25, -0.2) is 4.39 Å². The second-order valence-electron chi connectivity index (χ2n) is 3.46. The van der Waals surface area contributed by atoms with Gasteiger partial charge in [0.15, 0.2) is 0 Å². The molecule has 1 atom stereocenters. The Bertz CT molecular complexity index is 327. The van der Waals surface area contributed by atoms with E-state index in [1.807, 2.05) is 12.1 Å². The van der Waals surface area contributed by atoms with Crippen LogP contribution in [0.25, 0.3) is 0 Å². The first-order chi connectivity index (χ1) is 6.83. The predicted molar refractivity (Wildman–Crippen MR) is 52.7 cm³/mol. The number of rotatable bonds is 2. The lowest BCUT2D eigenvalue weighted by atomic mass is 9.95. The molecule has 1 aliphatic heterocycles. The Morgan fingerprint density at radius 3 is 3.14 bits per heavy atom. The van der Waals surface area contributed by atoms with E-state index in [1.54, 1.807) is 6.07 Å². The Labute approximate surface area is 83.1 Å². The summed E-state index contributed by atoms with van der Waals surface area (Å²) in [5.74, 6) is 0. The van der Waals surface area contributed by atoms with Gasteiger partial charge in [0, 0.05) is 19.2 Å².